The molecule has 0 radical (unpaired) electrons. The summed E-state index contributed by atoms with van der Waals surface area (Å²) in [4.78, 5) is 29.5. The monoisotopic (exact) mass is 330 g/mol. The second-order valence-electron chi connectivity index (χ2n) is 7.11. The van der Waals surface area contributed by atoms with Crippen LogP contribution >= 0.6 is 0 Å². The van der Waals surface area contributed by atoms with E-state index in [0.717, 1.165) is 23.9 Å². The number of hydrogen-bond acceptors (Lipinski definition) is 3. The molecule has 24 heavy (non-hydrogen) atoms. The van der Waals surface area contributed by atoms with Crippen molar-refractivity contribution < 1.29 is 4.79 Å². The molecule has 1 fully saturated rings. The molecule has 1 aliphatic rings. The molecule has 1 aliphatic heterocycles. The number of nitrogens with two attached hydrogens (primary N) is 1. The maximum atomic E-state index is 12.4. The lowest BCUT2D eigenvalue weighted by Crippen LogP contribution is -2.48. The molecular weight excluding hydrogens is 304 g/mol. The minimum absolute atomic E-state index is 0.0356. The Bertz CT molecular complexity index is 769. The number of hydrogen-bond donors (Lipinski definition) is 2. The van der Waals surface area contributed by atoms with E-state index in [0.29, 0.717) is 25.4 Å². The molecule has 3 N–H and O–H groups in total. The fourth-order valence-electron chi connectivity index (χ4n) is 3.62. The number of amides is 1. The van der Waals surface area contributed by atoms with Crippen LogP contribution in [0.15, 0.2) is 29.1 Å². The standard InChI is InChI=1S/C18H26N4O2/c1-12(2)11-14(19)17(23)21-9-7-13(8-10-21)22-16-6-4-3-5-15(16)20-18(22)24/h3-6,12-14H,7-11,19H2,1-2H3,(H,20,24)/t14-/m0/s1. The van der Waals surface area contributed by atoms with Crippen molar-refractivity contribution in [2.45, 2.75) is 45.2 Å². The van der Waals surface area contributed by atoms with Crippen molar-refractivity contribution in [1.82, 2.24) is 14.5 Å². The zero-order chi connectivity index (χ0) is 17.3. The number of carbonyl (C=O) groups excluding carboxylic acids is 1. The van der Waals surface area contributed by atoms with Crippen molar-refractivity contribution in [3.8, 4) is 0 Å². The van der Waals surface area contributed by atoms with Gasteiger partial charge >= 0.3 is 5.69 Å². The van der Waals surface area contributed by atoms with Gasteiger partial charge in [-0.1, -0.05) is 26.0 Å². The Morgan fingerprint density at radius 1 is 1.29 bits per heavy atom. The van der Waals surface area contributed by atoms with Gasteiger partial charge in [-0.2, -0.15) is 0 Å². The zero-order valence-electron chi connectivity index (χ0n) is 14.4. The molecule has 6 nitrogen and oxygen atoms in total. The highest BCUT2D eigenvalue weighted by atomic mass is 16.2. The molecule has 6 heteroatoms. The summed E-state index contributed by atoms with van der Waals surface area (Å²) in [5.74, 6) is 0.444. The zero-order valence-corrected chi connectivity index (χ0v) is 14.4. The normalized spacial score (nSPS) is 17.6. The molecule has 1 atom stereocenters. The van der Waals surface area contributed by atoms with E-state index < -0.39 is 6.04 Å². The Hall–Kier alpha value is -2.08. The second-order valence-corrected chi connectivity index (χ2v) is 7.11. The van der Waals surface area contributed by atoms with Gasteiger partial charge in [0.05, 0.1) is 17.1 Å². The van der Waals surface area contributed by atoms with Crippen molar-refractivity contribution in [2.24, 2.45) is 11.7 Å². The number of para-hydroxylation sites is 2. The van der Waals surface area contributed by atoms with E-state index in [9.17, 15) is 9.59 Å². The number of fused-ring (bicyclic) bond motifs is 1. The van der Waals surface area contributed by atoms with E-state index in [2.05, 4.69) is 18.8 Å². The van der Waals surface area contributed by atoms with Crippen LogP contribution in [-0.4, -0.2) is 39.5 Å². The Balaban J connectivity index is 1.70. The van der Waals surface area contributed by atoms with Gasteiger partial charge in [0.25, 0.3) is 0 Å². The fourth-order valence-corrected chi connectivity index (χ4v) is 3.62. The summed E-state index contributed by atoms with van der Waals surface area (Å²) in [5.41, 5.74) is 7.75. The Kier molecular flexibility index (Phi) is 4.76. The van der Waals surface area contributed by atoms with Gasteiger partial charge in [0, 0.05) is 19.1 Å². The third-order valence-corrected chi connectivity index (χ3v) is 4.81. The Labute approximate surface area is 141 Å². The van der Waals surface area contributed by atoms with Crippen LogP contribution in [0.3, 0.4) is 0 Å². The molecule has 0 bridgehead atoms. The molecule has 0 saturated carbocycles. The van der Waals surface area contributed by atoms with Crippen molar-refractivity contribution in [3.63, 3.8) is 0 Å². The van der Waals surface area contributed by atoms with Crippen molar-refractivity contribution >= 4 is 16.9 Å². The van der Waals surface area contributed by atoms with Gasteiger partial charge < -0.3 is 15.6 Å². The number of H-pyrrole nitrogens is 1. The summed E-state index contributed by atoms with van der Waals surface area (Å²) in [6, 6.07) is 7.44. The predicted octanol–water partition coefficient (Wildman–Crippen LogP) is 1.87. The molecule has 1 saturated heterocycles. The minimum atomic E-state index is -0.419. The van der Waals surface area contributed by atoms with Crippen molar-refractivity contribution in [2.75, 3.05) is 13.1 Å². The average Bonchev–Trinajstić information content (AvgIpc) is 2.89. The summed E-state index contributed by atoms with van der Waals surface area (Å²) < 4.78 is 1.84. The van der Waals surface area contributed by atoms with Crippen LogP contribution in [0.4, 0.5) is 0 Å². The summed E-state index contributed by atoms with van der Waals surface area (Å²) in [7, 11) is 0. The van der Waals surface area contributed by atoms with Gasteiger partial charge in [0.1, 0.15) is 0 Å². The number of carbonyl (C=O) groups is 1. The van der Waals surface area contributed by atoms with E-state index in [1.807, 2.05) is 33.7 Å². The number of imidazole rings is 1. The highest BCUT2D eigenvalue weighted by Gasteiger charge is 2.28. The van der Waals surface area contributed by atoms with Gasteiger partial charge in [-0.15, -0.1) is 0 Å². The van der Waals surface area contributed by atoms with Crippen LogP contribution in [0.5, 0.6) is 0 Å². The number of nitrogens with one attached hydrogen (secondary N) is 1. The predicted molar refractivity (Wildman–Crippen MR) is 94.8 cm³/mol. The first-order chi connectivity index (χ1) is 11.5. The molecule has 0 unspecified atom stereocenters. The number of likely N-dealkylation sites (tertiary alicyclic amines) is 1. The topological polar surface area (TPSA) is 84.1 Å². The van der Waals surface area contributed by atoms with Crippen LogP contribution < -0.4 is 11.4 Å². The van der Waals surface area contributed by atoms with Crippen LogP contribution in [0.2, 0.25) is 0 Å². The quantitative estimate of drug-likeness (QED) is 0.897. The Morgan fingerprint density at radius 2 is 1.96 bits per heavy atom. The SMILES string of the molecule is CC(C)C[C@H](N)C(=O)N1CCC(n2c(=O)[nH]c3ccccc32)CC1. The number of rotatable bonds is 4. The third kappa shape index (κ3) is 3.24. The molecule has 130 valence electrons. The van der Waals surface area contributed by atoms with Crippen LogP contribution in [0, 0.1) is 5.92 Å². The highest BCUT2D eigenvalue weighted by molar-refractivity contribution is 5.81. The summed E-state index contributed by atoms with van der Waals surface area (Å²) in [5, 5.41) is 0. The lowest BCUT2D eigenvalue weighted by molar-refractivity contribution is -0.134. The molecular formula is C18H26N4O2. The Morgan fingerprint density at radius 3 is 2.62 bits per heavy atom. The van der Waals surface area contributed by atoms with E-state index in [1.54, 1.807) is 0 Å². The summed E-state index contributed by atoms with van der Waals surface area (Å²) in [6.45, 7) is 5.45. The molecule has 1 aromatic heterocycles. The van der Waals surface area contributed by atoms with E-state index in [4.69, 9.17) is 5.73 Å². The molecule has 1 aromatic carbocycles. The van der Waals surface area contributed by atoms with Crippen LogP contribution in [0.1, 0.15) is 39.2 Å². The lowest BCUT2D eigenvalue weighted by Gasteiger charge is -2.34. The number of piperidine rings is 1. The third-order valence-electron chi connectivity index (χ3n) is 4.81. The first-order valence-electron chi connectivity index (χ1n) is 8.71. The van der Waals surface area contributed by atoms with Gasteiger partial charge in [-0.25, -0.2) is 4.79 Å². The van der Waals surface area contributed by atoms with Crippen molar-refractivity contribution in [3.05, 3.63) is 34.7 Å². The molecule has 1 amide bonds. The van der Waals surface area contributed by atoms with Gasteiger partial charge in [-0.05, 0) is 37.3 Å². The van der Waals surface area contributed by atoms with E-state index >= 15 is 0 Å². The van der Waals surface area contributed by atoms with Crippen molar-refractivity contribution in [1.29, 1.82) is 0 Å². The van der Waals surface area contributed by atoms with Crippen LogP contribution in [0.25, 0.3) is 11.0 Å². The first-order valence-corrected chi connectivity index (χ1v) is 8.71. The van der Waals surface area contributed by atoms with E-state index in [1.165, 1.54) is 0 Å². The van der Waals surface area contributed by atoms with Gasteiger partial charge in [0.15, 0.2) is 0 Å². The average molecular weight is 330 g/mol. The number of aromatic amines is 1. The number of benzene rings is 1. The molecule has 0 spiro atoms. The molecule has 2 heterocycles. The van der Waals surface area contributed by atoms with Gasteiger partial charge in [0.2, 0.25) is 5.91 Å². The summed E-state index contributed by atoms with van der Waals surface area (Å²) in [6.07, 6.45) is 2.27. The minimum Gasteiger partial charge on any atom is -0.341 e. The summed E-state index contributed by atoms with van der Waals surface area (Å²) >= 11 is 0. The van der Waals surface area contributed by atoms with Crippen LogP contribution in [-0.2, 0) is 4.79 Å². The number of nitrogens with zero attached hydrogens (tertiary/aromatic N) is 2. The first kappa shape index (κ1) is 16.8. The fraction of sp³-hybridized carbons (Fsp3) is 0.556. The molecule has 3 rings (SSSR count). The second kappa shape index (κ2) is 6.81. The molecule has 2 aromatic rings. The lowest BCUT2D eigenvalue weighted by atomic mass is 10.0. The largest absolute Gasteiger partial charge is 0.341 e. The van der Waals surface area contributed by atoms with E-state index in [-0.39, 0.29) is 17.6 Å². The number of aromatic nitrogens is 2. The maximum absolute atomic E-state index is 12.4. The smallest absolute Gasteiger partial charge is 0.326 e. The van der Waals surface area contributed by atoms with Gasteiger partial charge in [-0.3, -0.25) is 9.36 Å². The maximum Gasteiger partial charge on any atom is 0.326 e. The highest BCUT2D eigenvalue weighted by Crippen LogP contribution is 2.25. The molecule has 0 aliphatic carbocycles.